The van der Waals surface area contributed by atoms with Crippen molar-refractivity contribution in [3.63, 3.8) is 0 Å². The van der Waals surface area contributed by atoms with Gasteiger partial charge in [-0.2, -0.15) is 0 Å². The molecule has 0 heterocycles. The molecule has 3 aliphatic rings. The van der Waals surface area contributed by atoms with E-state index in [4.69, 9.17) is 0 Å². The highest BCUT2D eigenvalue weighted by molar-refractivity contribution is 5.03. The smallest absolute Gasteiger partial charge is 0.0621 e. The lowest BCUT2D eigenvalue weighted by Crippen LogP contribution is -2.62. The Morgan fingerprint density at radius 3 is 2.33 bits per heavy atom. The Morgan fingerprint density at radius 1 is 0.944 bits per heavy atom. The Balaban J connectivity index is 1.52. The van der Waals surface area contributed by atoms with E-state index in [1.54, 1.807) is 0 Å². The van der Waals surface area contributed by atoms with Crippen LogP contribution in [-0.4, -0.2) is 23.3 Å². The second-order valence-electron chi connectivity index (χ2n) is 7.61. The maximum absolute atomic E-state index is 9.82. The van der Waals surface area contributed by atoms with Crippen LogP contribution in [0.3, 0.4) is 0 Å². The number of fused-ring (bicyclic) bond motifs is 1. The largest absolute Gasteiger partial charge is 0.392 e. The van der Waals surface area contributed by atoms with Crippen LogP contribution in [0.2, 0.25) is 0 Å². The highest BCUT2D eigenvalue weighted by atomic mass is 16.3. The number of nitrogens with one attached hydrogen (secondary N) is 1. The third-order valence-corrected chi connectivity index (χ3v) is 6.19. The van der Waals surface area contributed by atoms with E-state index in [-0.39, 0.29) is 11.5 Å². The van der Waals surface area contributed by atoms with E-state index in [0.29, 0.717) is 6.04 Å². The van der Waals surface area contributed by atoms with Gasteiger partial charge in [-0.1, -0.05) is 39.5 Å². The van der Waals surface area contributed by atoms with Gasteiger partial charge in [0.2, 0.25) is 0 Å². The summed E-state index contributed by atoms with van der Waals surface area (Å²) >= 11 is 0. The summed E-state index contributed by atoms with van der Waals surface area (Å²) in [5.41, 5.74) is 0.0867. The van der Waals surface area contributed by atoms with Crippen molar-refractivity contribution in [2.75, 3.05) is 0 Å². The fraction of sp³-hybridized carbons (Fsp3) is 1.00. The van der Waals surface area contributed by atoms with Crippen LogP contribution in [0.5, 0.6) is 0 Å². The Morgan fingerprint density at radius 2 is 1.67 bits per heavy atom. The van der Waals surface area contributed by atoms with Crippen LogP contribution in [0.4, 0.5) is 0 Å². The molecule has 2 heteroatoms. The summed E-state index contributed by atoms with van der Waals surface area (Å²) in [6.45, 7) is 4.40. The summed E-state index contributed by atoms with van der Waals surface area (Å²) in [5.74, 6) is 2.04. The molecule has 3 fully saturated rings. The van der Waals surface area contributed by atoms with Gasteiger partial charge in [0, 0.05) is 17.5 Å². The van der Waals surface area contributed by atoms with Crippen LogP contribution in [0.1, 0.15) is 65.2 Å². The van der Waals surface area contributed by atoms with Crippen molar-refractivity contribution >= 4 is 0 Å². The molecular formula is C16H29NO. The van der Waals surface area contributed by atoms with Gasteiger partial charge < -0.3 is 10.4 Å². The fourth-order valence-corrected chi connectivity index (χ4v) is 4.49. The third-order valence-electron chi connectivity index (χ3n) is 6.19. The average molecular weight is 251 g/mol. The SMILES string of the molecule is CC1(C)C(O)CC1NC1CCC2CCCCC2C1. The van der Waals surface area contributed by atoms with Crippen molar-refractivity contribution in [3.05, 3.63) is 0 Å². The highest BCUT2D eigenvalue weighted by Crippen LogP contribution is 2.44. The second kappa shape index (κ2) is 4.79. The summed E-state index contributed by atoms with van der Waals surface area (Å²) in [4.78, 5) is 0. The Kier molecular flexibility index (Phi) is 3.44. The first-order chi connectivity index (χ1) is 8.57. The van der Waals surface area contributed by atoms with Gasteiger partial charge in [-0.15, -0.1) is 0 Å². The minimum atomic E-state index is -0.0963. The van der Waals surface area contributed by atoms with Crippen molar-refractivity contribution in [1.29, 1.82) is 0 Å². The molecule has 0 saturated heterocycles. The van der Waals surface area contributed by atoms with Crippen molar-refractivity contribution < 1.29 is 5.11 Å². The number of rotatable bonds is 2. The Bertz CT molecular complexity index is 301. The molecule has 0 aliphatic heterocycles. The van der Waals surface area contributed by atoms with Crippen molar-refractivity contribution in [1.82, 2.24) is 5.32 Å². The van der Waals surface area contributed by atoms with Gasteiger partial charge in [-0.25, -0.2) is 0 Å². The molecule has 0 bridgehead atoms. The second-order valence-corrected chi connectivity index (χ2v) is 7.61. The van der Waals surface area contributed by atoms with Gasteiger partial charge >= 0.3 is 0 Å². The van der Waals surface area contributed by atoms with Gasteiger partial charge in [-0.05, 0) is 37.5 Å². The van der Waals surface area contributed by atoms with Crippen LogP contribution in [0.15, 0.2) is 0 Å². The maximum atomic E-state index is 9.82. The molecule has 3 saturated carbocycles. The molecule has 0 radical (unpaired) electrons. The van der Waals surface area contributed by atoms with E-state index in [1.165, 1.54) is 44.9 Å². The van der Waals surface area contributed by atoms with Crippen LogP contribution in [0.25, 0.3) is 0 Å². The van der Waals surface area contributed by atoms with E-state index < -0.39 is 0 Å². The zero-order valence-electron chi connectivity index (χ0n) is 12.0. The Hall–Kier alpha value is -0.0800. The molecule has 3 aliphatic carbocycles. The standard InChI is InChI=1S/C16H29NO/c1-16(2)14(10-15(16)18)17-13-8-7-11-5-3-4-6-12(11)9-13/h11-15,17-18H,3-10H2,1-2H3. The molecule has 0 spiro atoms. The minimum absolute atomic E-state index is 0.0867. The first-order valence-electron chi connectivity index (χ1n) is 8.01. The number of aliphatic hydroxyl groups excluding tert-OH is 1. The van der Waals surface area contributed by atoms with Gasteiger partial charge in [0.15, 0.2) is 0 Å². The lowest BCUT2D eigenvalue weighted by atomic mass is 9.63. The topological polar surface area (TPSA) is 32.3 Å². The molecule has 5 atom stereocenters. The van der Waals surface area contributed by atoms with Gasteiger partial charge in [0.1, 0.15) is 0 Å². The lowest BCUT2D eigenvalue weighted by molar-refractivity contribution is -0.0788. The van der Waals surface area contributed by atoms with E-state index in [2.05, 4.69) is 19.2 Å². The highest BCUT2D eigenvalue weighted by Gasteiger charge is 2.48. The van der Waals surface area contributed by atoms with Gasteiger partial charge in [0.05, 0.1) is 6.10 Å². The van der Waals surface area contributed by atoms with Crippen LogP contribution < -0.4 is 5.32 Å². The first-order valence-corrected chi connectivity index (χ1v) is 8.01. The summed E-state index contributed by atoms with van der Waals surface area (Å²) in [7, 11) is 0. The quantitative estimate of drug-likeness (QED) is 0.790. The van der Waals surface area contributed by atoms with Gasteiger partial charge in [0.25, 0.3) is 0 Å². The van der Waals surface area contributed by atoms with Crippen molar-refractivity contribution in [2.45, 2.75) is 83.4 Å². The summed E-state index contributed by atoms with van der Waals surface area (Å²) in [5, 5.41) is 13.7. The fourth-order valence-electron chi connectivity index (χ4n) is 4.49. The lowest BCUT2D eigenvalue weighted by Gasteiger charge is -2.52. The predicted octanol–water partition coefficient (Wildman–Crippen LogP) is 3.09. The molecule has 5 unspecified atom stereocenters. The van der Waals surface area contributed by atoms with Crippen LogP contribution >= 0.6 is 0 Å². The maximum Gasteiger partial charge on any atom is 0.0621 e. The monoisotopic (exact) mass is 251 g/mol. The van der Waals surface area contributed by atoms with E-state index in [1.807, 2.05) is 0 Å². The van der Waals surface area contributed by atoms with Crippen molar-refractivity contribution in [3.8, 4) is 0 Å². The van der Waals surface area contributed by atoms with Crippen LogP contribution in [0, 0.1) is 17.3 Å². The number of hydrogen-bond donors (Lipinski definition) is 2. The third kappa shape index (κ3) is 2.22. The predicted molar refractivity (Wildman–Crippen MR) is 74.4 cm³/mol. The molecule has 0 aromatic carbocycles. The van der Waals surface area contributed by atoms with E-state index in [0.717, 1.165) is 24.3 Å². The summed E-state index contributed by atoms with van der Waals surface area (Å²) < 4.78 is 0. The van der Waals surface area contributed by atoms with E-state index in [9.17, 15) is 5.11 Å². The average Bonchev–Trinajstić information content (AvgIpc) is 2.38. The molecule has 0 aromatic rings. The number of hydrogen-bond acceptors (Lipinski definition) is 2. The van der Waals surface area contributed by atoms with Gasteiger partial charge in [-0.3, -0.25) is 0 Å². The van der Waals surface area contributed by atoms with Crippen LogP contribution in [-0.2, 0) is 0 Å². The molecule has 0 aromatic heterocycles. The normalized spacial score (nSPS) is 47.2. The molecule has 2 N–H and O–H groups in total. The minimum Gasteiger partial charge on any atom is -0.392 e. The number of aliphatic hydroxyl groups is 1. The Labute approximate surface area is 112 Å². The molecular weight excluding hydrogens is 222 g/mol. The summed E-state index contributed by atoms with van der Waals surface area (Å²) in [6, 6.07) is 1.26. The zero-order valence-corrected chi connectivity index (χ0v) is 12.0. The van der Waals surface area contributed by atoms with Crippen molar-refractivity contribution in [2.24, 2.45) is 17.3 Å². The molecule has 2 nitrogen and oxygen atoms in total. The molecule has 104 valence electrons. The molecule has 3 rings (SSSR count). The first kappa shape index (κ1) is 12.9. The molecule has 0 amide bonds. The summed E-state index contributed by atoms with van der Waals surface area (Å²) in [6.07, 6.45) is 11.0. The molecule has 18 heavy (non-hydrogen) atoms. The zero-order chi connectivity index (χ0) is 12.8. The van der Waals surface area contributed by atoms with E-state index >= 15 is 0 Å².